The molecule has 2 rings (SSSR count). The number of carbonyl (C=O) groups excluding carboxylic acids is 2. The molecule has 0 fully saturated rings. The first kappa shape index (κ1) is 13.4. The summed E-state index contributed by atoms with van der Waals surface area (Å²) in [6.07, 6.45) is 1.96. The molecule has 1 aliphatic heterocycles. The van der Waals surface area contributed by atoms with Crippen LogP contribution in [0.3, 0.4) is 0 Å². The molecule has 0 saturated heterocycles. The van der Waals surface area contributed by atoms with E-state index in [1.165, 1.54) is 6.07 Å². The molecule has 0 radical (unpaired) electrons. The van der Waals surface area contributed by atoms with E-state index in [1.807, 2.05) is 0 Å². The predicted molar refractivity (Wildman–Crippen MR) is 65.2 cm³/mol. The van der Waals surface area contributed by atoms with Crippen LogP contribution in [0.5, 0.6) is 0 Å². The molecule has 1 aromatic carbocycles. The number of carboxylic acid groups (broad SMARTS) is 1. The molecule has 2 amide bonds. The van der Waals surface area contributed by atoms with Crippen molar-refractivity contribution in [3.05, 3.63) is 51.6 Å². The maximum atomic E-state index is 12.0. The van der Waals surface area contributed by atoms with Crippen molar-refractivity contribution < 1.29 is 24.4 Å². The third-order valence-corrected chi connectivity index (χ3v) is 2.71. The number of fused-ring (bicyclic) bond motifs is 1. The number of rotatable bonds is 4. The average Bonchev–Trinajstić information content (AvgIpc) is 2.63. The standard InChI is InChI=1S/C12H8N2O6/c15-10(16)2-1-5-13-11(17)8-4-3-7(14(19)20)6-9(8)12(13)18/h1-4,6H,5H2,(H,15,16). The molecule has 8 nitrogen and oxygen atoms in total. The van der Waals surface area contributed by atoms with Gasteiger partial charge in [-0.05, 0) is 6.07 Å². The van der Waals surface area contributed by atoms with Gasteiger partial charge in [0.05, 0.1) is 16.1 Å². The summed E-state index contributed by atoms with van der Waals surface area (Å²) in [7, 11) is 0. The van der Waals surface area contributed by atoms with Crippen LogP contribution in [-0.4, -0.2) is 39.3 Å². The quantitative estimate of drug-likeness (QED) is 0.376. The van der Waals surface area contributed by atoms with Gasteiger partial charge in [-0.15, -0.1) is 0 Å². The van der Waals surface area contributed by atoms with Crippen LogP contribution in [0.1, 0.15) is 20.7 Å². The summed E-state index contributed by atoms with van der Waals surface area (Å²) < 4.78 is 0. The Labute approximate surface area is 112 Å². The fraction of sp³-hybridized carbons (Fsp3) is 0.0833. The predicted octanol–water partition coefficient (Wildman–Crippen LogP) is 0.832. The van der Waals surface area contributed by atoms with Crippen LogP contribution in [0.15, 0.2) is 30.4 Å². The summed E-state index contributed by atoms with van der Waals surface area (Å²) in [5.74, 6) is -2.48. The van der Waals surface area contributed by atoms with Gasteiger partial charge in [-0.25, -0.2) is 4.79 Å². The minimum atomic E-state index is -1.20. The van der Waals surface area contributed by atoms with Crippen molar-refractivity contribution >= 4 is 23.5 Å². The monoisotopic (exact) mass is 276 g/mol. The van der Waals surface area contributed by atoms with E-state index >= 15 is 0 Å². The largest absolute Gasteiger partial charge is 0.478 e. The molecule has 0 spiro atoms. The second-order valence-electron chi connectivity index (χ2n) is 3.95. The molecule has 102 valence electrons. The number of hydrogen-bond acceptors (Lipinski definition) is 5. The highest BCUT2D eigenvalue weighted by Crippen LogP contribution is 2.26. The number of benzene rings is 1. The molecule has 1 aliphatic rings. The molecule has 1 heterocycles. The number of carboxylic acids is 1. The Morgan fingerprint density at radius 2 is 1.95 bits per heavy atom. The van der Waals surface area contributed by atoms with Crippen molar-refractivity contribution in [1.29, 1.82) is 0 Å². The summed E-state index contributed by atoms with van der Waals surface area (Å²) in [5.41, 5.74) is -0.259. The fourth-order valence-corrected chi connectivity index (χ4v) is 1.82. The van der Waals surface area contributed by atoms with Crippen molar-refractivity contribution in [1.82, 2.24) is 4.90 Å². The van der Waals surface area contributed by atoms with E-state index in [2.05, 4.69) is 0 Å². The third-order valence-electron chi connectivity index (χ3n) is 2.71. The van der Waals surface area contributed by atoms with Crippen molar-refractivity contribution in [3.63, 3.8) is 0 Å². The Bertz CT molecular complexity index is 664. The van der Waals surface area contributed by atoms with Crippen molar-refractivity contribution in [3.8, 4) is 0 Å². The van der Waals surface area contributed by atoms with E-state index in [0.29, 0.717) is 0 Å². The number of hydrogen-bond donors (Lipinski definition) is 1. The first-order valence-corrected chi connectivity index (χ1v) is 5.46. The van der Waals surface area contributed by atoms with Gasteiger partial charge in [0, 0.05) is 24.8 Å². The van der Waals surface area contributed by atoms with E-state index in [1.54, 1.807) is 0 Å². The Hall–Kier alpha value is -3.03. The van der Waals surface area contributed by atoms with Gasteiger partial charge in [-0.1, -0.05) is 6.08 Å². The normalized spacial score (nSPS) is 13.9. The Morgan fingerprint density at radius 1 is 1.30 bits per heavy atom. The van der Waals surface area contributed by atoms with Gasteiger partial charge in [0.2, 0.25) is 0 Å². The summed E-state index contributed by atoms with van der Waals surface area (Å²) in [6.45, 7) is -0.202. The van der Waals surface area contributed by atoms with Crippen LogP contribution in [0.4, 0.5) is 5.69 Å². The summed E-state index contributed by atoms with van der Waals surface area (Å²) in [4.78, 5) is 45.0. The van der Waals surface area contributed by atoms with Crippen LogP contribution in [0.2, 0.25) is 0 Å². The lowest BCUT2D eigenvalue weighted by molar-refractivity contribution is -0.384. The van der Waals surface area contributed by atoms with Crippen LogP contribution in [0.25, 0.3) is 0 Å². The maximum absolute atomic E-state index is 12.0. The molecule has 0 aromatic heterocycles. The molecule has 0 saturated carbocycles. The molecular weight excluding hydrogens is 268 g/mol. The first-order valence-electron chi connectivity index (χ1n) is 5.46. The van der Waals surface area contributed by atoms with Gasteiger partial charge in [-0.2, -0.15) is 0 Å². The minimum absolute atomic E-state index is 0.0482. The number of non-ortho nitro benzene ring substituents is 1. The molecule has 1 aromatic rings. The maximum Gasteiger partial charge on any atom is 0.328 e. The lowest BCUT2D eigenvalue weighted by atomic mass is 10.1. The zero-order valence-electron chi connectivity index (χ0n) is 9.98. The Kier molecular flexibility index (Phi) is 3.30. The van der Waals surface area contributed by atoms with Crippen molar-refractivity contribution in [2.75, 3.05) is 6.54 Å². The number of aliphatic carboxylic acids is 1. The topological polar surface area (TPSA) is 118 Å². The van der Waals surface area contributed by atoms with E-state index in [-0.39, 0.29) is 23.4 Å². The van der Waals surface area contributed by atoms with E-state index in [0.717, 1.165) is 29.2 Å². The van der Waals surface area contributed by atoms with Crippen LogP contribution in [0, 0.1) is 10.1 Å². The van der Waals surface area contributed by atoms with Gasteiger partial charge in [0.15, 0.2) is 0 Å². The smallest absolute Gasteiger partial charge is 0.328 e. The third kappa shape index (κ3) is 2.26. The highest BCUT2D eigenvalue weighted by Gasteiger charge is 2.35. The Balaban J connectivity index is 2.30. The summed E-state index contributed by atoms with van der Waals surface area (Å²) in [6, 6.07) is 3.39. The number of nitrogens with zero attached hydrogens (tertiary/aromatic N) is 2. The molecule has 8 heteroatoms. The molecule has 0 atom stereocenters. The highest BCUT2D eigenvalue weighted by atomic mass is 16.6. The van der Waals surface area contributed by atoms with Gasteiger partial charge in [0.1, 0.15) is 0 Å². The zero-order valence-corrected chi connectivity index (χ0v) is 9.98. The minimum Gasteiger partial charge on any atom is -0.478 e. The molecule has 1 N–H and O–H groups in total. The van der Waals surface area contributed by atoms with Crippen molar-refractivity contribution in [2.24, 2.45) is 0 Å². The van der Waals surface area contributed by atoms with Crippen molar-refractivity contribution in [2.45, 2.75) is 0 Å². The first-order chi connectivity index (χ1) is 9.41. The number of nitro benzene ring substituents is 1. The van der Waals surface area contributed by atoms with E-state index in [9.17, 15) is 24.5 Å². The fourth-order valence-electron chi connectivity index (χ4n) is 1.82. The van der Waals surface area contributed by atoms with Gasteiger partial charge >= 0.3 is 5.97 Å². The van der Waals surface area contributed by atoms with Gasteiger partial charge in [0.25, 0.3) is 17.5 Å². The number of amides is 2. The van der Waals surface area contributed by atoms with Gasteiger partial charge < -0.3 is 5.11 Å². The van der Waals surface area contributed by atoms with Gasteiger partial charge in [-0.3, -0.25) is 24.6 Å². The lowest BCUT2D eigenvalue weighted by Gasteiger charge is -2.09. The molecule has 0 aliphatic carbocycles. The van der Waals surface area contributed by atoms with Crippen LogP contribution in [-0.2, 0) is 4.79 Å². The summed E-state index contributed by atoms with van der Waals surface area (Å²) in [5, 5.41) is 19.1. The SMILES string of the molecule is O=C(O)C=CCN1C(=O)c2ccc([N+](=O)[O-])cc2C1=O. The summed E-state index contributed by atoms with van der Waals surface area (Å²) >= 11 is 0. The average molecular weight is 276 g/mol. The number of carbonyl (C=O) groups is 3. The second kappa shape index (κ2) is 4.92. The van der Waals surface area contributed by atoms with Crippen LogP contribution >= 0.6 is 0 Å². The molecular formula is C12H8N2O6. The number of imide groups is 1. The van der Waals surface area contributed by atoms with E-state index in [4.69, 9.17) is 5.11 Å². The highest BCUT2D eigenvalue weighted by molar-refractivity contribution is 6.21. The number of nitro groups is 1. The molecule has 0 unspecified atom stereocenters. The van der Waals surface area contributed by atoms with Crippen LogP contribution < -0.4 is 0 Å². The zero-order chi connectivity index (χ0) is 14.9. The molecule has 0 bridgehead atoms. The lowest BCUT2D eigenvalue weighted by Crippen LogP contribution is -2.29. The Morgan fingerprint density at radius 3 is 2.55 bits per heavy atom. The molecule has 20 heavy (non-hydrogen) atoms. The second-order valence-corrected chi connectivity index (χ2v) is 3.95. The van der Waals surface area contributed by atoms with E-state index < -0.39 is 22.7 Å².